The summed E-state index contributed by atoms with van der Waals surface area (Å²) in [4.78, 5) is 15.6. The number of amides is 1. The summed E-state index contributed by atoms with van der Waals surface area (Å²) in [6, 6.07) is 9.12. The van der Waals surface area contributed by atoms with Crippen LogP contribution in [0.2, 0.25) is 5.02 Å². The van der Waals surface area contributed by atoms with E-state index in [4.69, 9.17) is 21.5 Å². The highest BCUT2D eigenvalue weighted by molar-refractivity contribution is 7.91. The lowest BCUT2D eigenvalue weighted by molar-refractivity contribution is -0.136. The van der Waals surface area contributed by atoms with Crippen LogP contribution in [0.3, 0.4) is 0 Å². The second kappa shape index (κ2) is 7.38. The number of benzene rings is 1. The monoisotopic (exact) mass is 384 g/mol. The minimum absolute atomic E-state index is 0.0782. The van der Waals surface area contributed by atoms with Crippen molar-refractivity contribution >= 4 is 27.3 Å². The SMILES string of the molecule is CC(C)(CS(=O)(=O)c1ccccc1Oc1ccc(Cl)cn1)C(=O)NO. The highest BCUT2D eigenvalue weighted by Gasteiger charge is 2.35. The molecule has 0 unspecified atom stereocenters. The zero-order chi connectivity index (χ0) is 18.7. The molecule has 0 saturated carbocycles. The number of nitrogens with zero attached hydrogens (tertiary/aromatic N) is 1. The smallest absolute Gasteiger partial charge is 0.250 e. The molecule has 0 aliphatic rings. The Kier molecular flexibility index (Phi) is 5.66. The summed E-state index contributed by atoms with van der Waals surface area (Å²) < 4.78 is 31.1. The highest BCUT2D eigenvalue weighted by Crippen LogP contribution is 2.31. The summed E-state index contributed by atoms with van der Waals surface area (Å²) >= 11 is 5.76. The number of carbonyl (C=O) groups is 1. The summed E-state index contributed by atoms with van der Waals surface area (Å²) in [6.07, 6.45) is 1.38. The average molecular weight is 385 g/mol. The van der Waals surface area contributed by atoms with Crippen LogP contribution in [0.1, 0.15) is 13.8 Å². The van der Waals surface area contributed by atoms with E-state index in [2.05, 4.69) is 4.98 Å². The molecule has 1 heterocycles. The molecule has 1 aromatic carbocycles. The molecule has 2 N–H and O–H groups in total. The number of carbonyl (C=O) groups excluding carboxylic acids is 1. The molecular weight excluding hydrogens is 368 g/mol. The van der Waals surface area contributed by atoms with Crippen molar-refractivity contribution in [1.29, 1.82) is 0 Å². The molecular formula is C16H17ClN2O5S. The first kappa shape index (κ1) is 19.2. The quantitative estimate of drug-likeness (QED) is 0.586. The first-order valence-corrected chi connectivity index (χ1v) is 9.24. The third-order valence-electron chi connectivity index (χ3n) is 3.37. The molecule has 0 spiro atoms. The number of hydrogen-bond donors (Lipinski definition) is 2. The molecule has 2 rings (SSSR count). The first-order chi connectivity index (χ1) is 11.7. The number of rotatable bonds is 6. The fourth-order valence-corrected chi connectivity index (χ4v) is 4.15. The van der Waals surface area contributed by atoms with Crippen LogP contribution in [-0.2, 0) is 14.6 Å². The Labute approximate surface area is 150 Å². The predicted molar refractivity (Wildman–Crippen MR) is 91.5 cm³/mol. The van der Waals surface area contributed by atoms with Gasteiger partial charge in [-0.15, -0.1) is 0 Å². The minimum atomic E-state index is -3.88. The van der Waals surface area contributed by atoms with Crippen LogP contribution in [-0.4, -0.2) is 30.3 Å². The Bertz CT molecular complexity index is 866. The van der Waals surface area contributed by atoms with Crippen molar-refractivity contribution in [3.8, 4) is 11.6 Å². The second-order valence-corrected chi connectivity index (χ2v) is 8.34. The van der Waals surface area contributed by atoms with Gasteiger partial charge in [0.05, 0.1) is 16.2 Å². The number of pyridine rings is 1. The Morgan fingerprint density at radius 1 is 1.28 bits per heavy atom. The van der Waals surface area contributed by atoms with Gasteiger partial charge in [0.1, 0.15) is 10.6 Å². The van der Waals surface area contributed by atoms with Crippen LogP contribution in [0, 0.1) is 5.41 Å². The van der Waals surface area contributed by atoms with E-state index < -0.39 is 26.9 Å². The summed E-state index contributed by atoms with van der Waals surface area (Å²) in [5, 5.41) is 9.19. The van der Waals surface area contributed by atoms with E-state index >= 15 is 0 Å². The van der Waals surface area contributed by atoms with E-state index in [0.717, 1.165) is 0 Å². The summed E-state index contributed by atoms with van der Waals surface area (Å²) in [6.45, 7) is 2.83. The largest absolute Gasteiger partial charge is 0.438 e. The normalized spacial score (nSPS) is 11.8. The lowest BCUT2D eigenvalue weighted by Crippen LogP contribution is -2.40. The van der Waals surface area contributed by atoms with E-state index in [1.54, 1.807) is 18.2 Å². The topological polar surface area (TPSA) is 106 Å². The van der Waals surface area contributed by atoms with Gasteiger partial charge >= 0.3 is 0 Å². The van der Waals surface area contributed by atoms with Crippen molar-refractivity contribution in [2.75, 3.05) is 5.75 Å². The average Bonchev–Trinajstić information content (AvgIpc) is 2.55. The number of hydrogen-bond acceptors (Lipinski definition) is 6. The molecule has 1 amide bonds. The summed E-state index contributed by atoms with van der Waals surface area (Å²) in [5.74, 6) is -1.05. The molecule has 0 aliphatic carbocycles. The van der Waals surface area contributed by atoms with Crippen LogP contribution in [0.4, 0.5) is 0 Å². The zero-order valence-electron chi connectivity index (χ0n) is 13.6. The minimum Gasteiger partial charge on any atom is -0.438 e. The lowest BCUT2D eigenvalue weighted by Gasteiger charge is -2.22. The molecule has 25 heavy (non-hydrogen) atoms. The Hall–Kier alpha value is -2.16. The van der Waals surface area contributed by atoms with E-state index in [0.29, 0.717) is 5.02 Å². The molecule has 0 bridgehead atoms. The van der Waals surface area contributed by atoms with Gasteiger partial charge in [-0.2, -0.15) is 0 Å². The van der Waals surface area contributed by atoms with Gasteiger partial charge in [-0.05, 0) is 32.0 Å². The molecule has 7 nitrogen and oxygen atoms in total. The van der Waals surface area contributed by atoms with Gasteiger partial charge < -0.3 is 4.74 Å². The number of aromatic nitrogens is 1. The summed E-state index contributed by atoms with van der Waals surface area (Å²) in [7, 11) is -3.88. The molecule has 2 aromatic rings. The highest BCUT2D eigenvalue weighted by atomic mass is 35.5. The van der Waals surface area contributed by atoms with E-state index in [1.807, 2.05) is 0 Å². The van der Waals surface area contributed by atoms with Gasteiger partial charge in [-0.1, -0.05) is 23.7 Å². The van der Waals surface area contributed by atoms with Crippen molar-refractivity contribution in [2.45, 2.75) is 18.7 Å². The van der Waals surface area contributed by atoms with Crippen molar-refractivity contribution in [3.63, 3.8) is 0 Å². The van der Waals surface area contributed by atoms with Gasteiger partial charge in [0.15, 0.2) is 9.84 Å². The van der Waals surface area contributed by atoms with Crippen LogP contribution >= 0.6 is 11.6 Å². The molecule has 0 aliphatic heterocycles. The van der Waals surface area contributed by atoms with Crippen LogP contribution in [0.5, 0.6) is 11.6 Å². The van der Waals surface area contributed by atoms with Gasteiger partial charge in [-0.25, -0.2) is 18.9 Å². The molecule has 0 saturated heterocycles. The molecule has 134 valence electrons. The molecule has 0 radical (unpaired) electrons. The van der Waals surface area contributed by atoms with Crippen molar-refractivity contribution in [1.82, 2.24) is 10.5 Å². The lowest BCUT2D eigenvalue weighted by atomic mass is 9.96. The second-order valence-electron chi connectivity index (χ2n) is 5.95. The number of para-hydroxylation sites is 1. The molecule has 0 fully saturated rings. The molecule has 0 atom stereocenters. The Balaban J connectivity index is 2.35. The van der Waals surface area contributed by atoms with E-state index in [1.165, 1.54) is 43.7 Å². The maximum Gasteiger partial charge on any atom is 0.250 e. The van der Waals surface area contributed by atoms with Gasteiger partial charge in [-0.3, -0.25) is 10.0 Å². The van der Waals surface area contributed by atoms with Gasteiger partial charge in [0.25, 0.3) is 0 Å². The van der Waals surface area contributed by atoms with Crippen molar-refractivity contribution < 1.29 is 23.2 Å². The van der Waals surface area contributed by atoms with Gasteiger partial charge in [0.2, 0.25) is 11.8 Å². The number of hydroxylamine groups is 1. The molecule has 9 heteroatoms. The van der Waals surface area contributed by atoms with E-state index in [9.17, 15) is 13.2 Å². The summed E-state index contributed by atoms with van der Waals surface area (Å²) in [5.41, 5.74) is 0.148. The predicted octanol–water partition coefficient (Wildman–Crippen LogP) is 2.83. The third-order valence-corrected chi connectivity index (χ3v) is 5.70. The Morgan fingerprint density at radius 3 is 2.56 bits per heavy atom. The first-order valence-electron chi connectivity index (χ1n) is 7.21. The van der Waals surface area contributed by atoms with Crippen molar-refractivity contribution in [3.05, 3.63) is 47.6 Å². The number of halogens is 1. The fourth-order valence-electron chi connectivity index (χ4n) is 2.10. The molecule has 1 aromatic heterocycles. The Morgan fingerprint density at radius 2 is 1.96 bits per heavy atom. The van der Waals surface area contributed by atoms with Crippen LogP contribution in [0.25, 0.3) is 0 Å². The van der Waals surface area contributed by atoms with Gasteiger partial charge in [0, 0.05) is 12.3 Å². The maximum absolute atomic E-state index is 12.8. The van der Waals surface area contributed by atoms with Crippen LogP contribution in [0.15, 0.2) is 47.5 Å². The van der Waals surface area contributed by atoms with Crippen LogP contribution < -0.4 is 10.2 Å². The zero-order valence-corrected chi connectivity index (χ0v) is 15.1. The number of nitrogens with one attached hydrogen (secondary N) is 1. The standard InChI is InChI=1S/C16H17ClN2O5S/c1-16(2,15(20)19-21)10-25(22,23)13-6-4-3-5-12(13)24-14-8-7-11(17)9-18-14/h3-9,21H,10H2,1-2H3,(H,19,20). The fraction of sp³-hybridized carbons (Fsp3) is 0.250. The third kappa shape index (κ3) is 4.68. The number of ether oxygens (including phenoxy) is 1. The van der Waals surface area contributed by atoms with E-state index in [-0.39, 0.29) is 16.5 Å². The van der Waals surface area contributed by atoms with Crippen molar-refractivity contribution in [2.24, 2.45) is 5.41 Å². The number of sulfone groups is 1. The maximum atomic E-state index is 12.8.